The van der Waals surface area contributed by atoms with E-state index < -0.39 is 6.17 Å². The number of halogens is 1. The molecule has 0 radical (unpaired) electrons. The molecule has 1 spiro atoms. The fraction of sp³-hybridized carbons (Fsp3) is 0.450. The van der Waals surface area contributed by atoms with Crippen molar-refractivity contribution in [3.63, 3.8) is 0 Å². The van der Waals surface area contributed by atoms with E-state index in [0.717, 1.165) is 65.1 Å². The molecule has 0 unspecified atom stereocenters. The van der Waals surface area contributed by atoms with Crippen molar-refractivity contribution in [2.45, 2.75) is 12.6 Å². The van der Waals surface area contributed by atoms with Crippen molar-refractivity contribution in [3.8, 4) is 10.6 Å². The average molecular weight is 396 g/mol. The first-order chi connectivity index (χ1) is 13.7. The molecule has 3 aromatic heterocycles. The quantitative estimate of drug-likeness (QED) is 0.735. The molecular formula is C20H21FN6S. The molecule has 6 nitrogen and oxygen atoms in total. The van der Waals surface area contributed by atoms with Gasteiger partial charge in [-0.1, -0.05) is 0 Å². The van der Waals surface area contributed by atoms with E-state index >= 15 is 0 Å². The maximum absolute atomic E-state index is 13.4. The molecule has 0 aliphatic carbocycles. The normalized spacial score (nSPS) is 23.2. The number of pyridine rings is 2. The fourth-order valence-corrected chi connectivity index (χ4v) is 5.33. The molecule has 6 heterocycles. The summed E-state index contributed by atoms with van der Waals surface area (Å²) in [6, 6.07) is 6.15. The van der Waals surface area contributed by atoms with Gasteiger partial charge in [0.1, 0.15) is 28.3 Å². The number of fused-ring (bicyclic) bond motifs is 1. The standard InChI is InChI=1S/C20H21FN6S/c21-14-3-4-26(8-14)17-2-1-13(6-23-17)19-25-15-7-24-18(5-16(15)28-19)27-11-20(12-27)9-22-10-20/h1-2,5-7,14,22H,3-4,8-12H2/t14-/m1/s1. The summed E-state index contributed by atoms with van der Waals surface area (Å²) in [5.41, 5.74) is 2.40. The molecular weight excluding hydrogens is 375 g/mol. The van der Waals surface area contributed by atoms with Crippen LogP contribution < -0.4 is 15.1 Å². The van der Waals surface area contributed by atoms with Gasteiger partial charge in [0, 0.05) is 56.0 Å². The first-order valence-electron chi connectivity index (χ1n) is 9.75. The predicted octanol–water partition coefficient (Wildman–Crippen LogP) is 2.71. The van der Waals surface area contributed by atoms with E-state index in [1.54, 1.807) is 11.3 Å². The average Bonchev–Trinajstić information content (AvgIpc) is 3.25. The van der Waals surface area contributed by atoms with Crippen LogP contribution >= 0.6 is 11.3 Å². The van der Waals surface area contributed by atoms with E-state index in [2.05, 4.69) is 26.3 Å². The van der Waals surface area contributed by atoms with Gasteiger partial charge >= 0.3 is 0 Å². The smallest absolute Gasteiger partial charge is 0.130 e. The van der Waals surface area contributed by atoms with Gasteiger partial charge in [0.15, 0.2) is 0 Å². The summed E-state index contributed by atoms with van der Waals surface area (Å²) in [5.74, 6) is 1.88. The van der Waals surface area contributed by atoms with Crippen LogP contribution in [0, 0.1) is 5.41 Å². The van der Waals surface area contributed by atoms with Gasteiger partial charge in [0.25, 0.3) is 0 Å². The predicted molar refractivity (Wildman–Crippen MR) is 110 cm³/mol. The maximum atomic E-state index is 13.4. The van der Waals surface area contributed by atoms with Gasteiger partial charge in [-0.25, -0.2) is 19.3 Å². The maximum Gasteiger partial charge on any atom is 0.130 e. The van der Waals surface area contributed by atoms with Crippen LogP contribution in [0.2, 0.25) is 0 Å². The van der Waals surface area contributed by atoms with Crippen LogP contribution in [0.5, 0.6) is 0 Å². The minimum absolute atomic E-state index is 0.440. The van der Waals surface area contributed by atoms with Crippen LogP contribution in [0.15, 0.2) is 30.6 Å². The van der Waals surface area contributed by atoms with E-state index in [9.17, 15) is 4.39 Å². The lowest BCUT2D eigenvalue weighted by molar-refractivity contribution is 0.120. The highest BCUT2D eigenvalue weighted by atomic mass is 32.1. The van der Waals surface area contributed by atoms with Crippen LogP contribution in [0.25, 0.3) is 20.8 Å². The van der Waals surface area contributed by atoms with Crippen LogP contribution in [-0.2, 0) is 0 Å². The Morgan fingerprint density at radius 3 is 2.64 bits per heavy atom. The minimum atomic E-state index is -0.741. The second kappa shape index (κ2) is 6.09. The number of rotatable bonds is 3. The Bertz CT molecular complexity index is 1020. The Hall–Kier alpha value is -2.32. The number of anilines is 2. The van der Waals surface area contributed by atoms with Gasteiger partial charge in [0.2, 0.25) is 0 Å². The Labute approximate surface area is 166 Å². The summed E-state index contributed by atoms with van der Waals surface area (Å²) in [6.45, 7) is 5.61. The first-order valence-corrected chi connectivity index (χ1v) is 10.6. The second-order valence-electron chi connectivity index (χ2n) is 8.23. The summed E-state index contributed by atoms with van der Waals surface area (Å²) in [5, 5.41) is 4.31. The van der Waals surface area contributed by atoms with Gasteiger partial charge in [-0.05, 0) is 18.6 Å². The molecule has 3 aromatic rings. The molecule has 1 N–H and O–H groups in total. The summed E-state index contributed by atoms with van der Waals surface area (Å²) in [4.78, 5) is 18.3. The third-order valence-electron chi connectivity index (χ3n) is 6.09. The van der Waals surface area contributed by atoms with Gasteiger partial charge in [-0.15, -0.1) is 11.3 Å². The van der Waals surface area contributed by atoms with Gasteiger partial charge in [-0.3, -0.25) is 0 Å². The molecule has 8 heteroatoms. The van der Waals surface area contributed by atoms with Crippen molar-refractivity contribution in [2.24, 2.45) is 5.41 Å². The molecule has 3 fully saturated rings. The highest BCUT2D eigenvalue weighted by Crippen LogP contribution is 2.38. The molecule has 0 saturated carbocycles. The van der Waals surface area contributed by atoms with Gasteiger partial charge in [-0.2, -0.15) is 0 Å². The highest BCUT2D eigenvalue weighted by Gasteiger charge is 2.47. The number of hydrogen-bond acceptors (Lipinski definition) is 7. The van der Waals surface area contributed by atoms with Crippen LogP contribution in [0.4, 0.5) is 16.0 Å². The Kier molecular flexibility index (Phi) is 3.61. The zero-order chi connectivity index (χ0) is 18.7. The molecule has 0 bridgehead atoms. The third-order valence-corrected chi connectivity index (χ3v) is 7.15. The van der Waals surface area contributed by atoms with E-state index in [-0.39, 0.29) is 0 Å². The number of nitrogens with zero attached hydrogens (tertiary/aromatic N) is 5. The molecule has 0 amide bonds. The molecule has 3 saturated heterocycles. The Morgan fingerprint density at radius 1 is 1.11 bits per heavy atom. The number of hydrogen-bond donors (Lipinski definition) is 1. The zero-order valence-corrected chi connectivity index (χ0v) is 16.3. The van der Waals surface area contributed by atoms with E-state index in [4.69, 9.17) is 4.98 Å². The number of alkyl halides is 1. The largest absolute Gasteiger partial charge is 0.355 e. The Morgan fingerprint density at radius 2 is 1.96 bits per heavy atom. The molecule has 0 aromatic carbocycles. The summed E-state index contributed by atoms with van der Waals surface area (Å²) in [7, 11) is 0. The Balaban J connectivity index is 1.23. The van der Waals surface area contributed by atoms with Crippen molar-refractivity contribution in [2.75, 3.05) is 49.1 Å². The molecule has 3 aliphatic rings. The molecule has 6 rings (SSSR count). The van der Waals surface area contributed by atoms with E-state index in [1.165, 1.54) is 0 Å². The lowest BCUT2D eigenvalue weighted by atomic mass is 9.74. The molecule has 28 heavy (non-hydrogen) atoms. The third kappa shape index (κ3) is 2.66. The summed E-state index contributed by atoms with van der Waals surface area (Å²) in [6.07, 6.45) is 3.57. The second-order valence-corrected chi connectivity index (χ2v) is 9.26. The highest BCUT2D eigenvalue weighted by molar-refractivity contribution is 7.21. The first kappa shape index (κ1) is 16.6. The van der Waals surface area contributed by atoms with Crippen molar-refractivity contribution in [1.82, 2.24) is 20.3 Å². The van der Waals surface area contributed by atoms with E-state index in [1.807, 2.05) is 29.4 Å². The molecule has 3 aliphatic heterocycles. The number of nitrogens with one attached hydrogen (secondary N) is 1. The van der Waals surface area contributed by atoms with Crippen molar-refractivity contribution in [1.29, 1.82) is 0 Å². The van der Waals surface area contributed by atoms with E-state index in [0.29, 0.717) is 18.4 Å². The van der Waals surface area contributed by atoms with Crippen LogP contribution in [0.3, 0.4) is 0 Å². The lowest BCUT2D eigenvalue weighted by Gasteiger charge is -2.56. The topological polar surface area (TPSA) is 57.2 Å². The van der Waals surface area contributed by atoms with Crippen LogP contribution in [-0.4, -0.2) is 60.4 Å². The van der Waals surface area contributed by atoms with Crippen molar-refractivity contribution >= 4 is 33.2 Å². The number of aromatic nitrogens is 3. The van der Waals surface area contributed by atoms with Gasteiger partial charge in [0.05, 0.1) is 17.4 Å². The minimum Gasteiger partial charge on any atom is -0.355 e. The van der Waals surface area contributed by atoms with Crippen molar-refractivity contribution < 1.29 is 4.39 Å². The van der Waals surface area contributed by atoms with Crippen LogP contribution in [0.1, 0.15) is 6.42 Å². The summed E-state index contributed by atoms with van der Waals surface area (Å²) >= 11 is 1.67. The molecule has 144 valence electrons. The summed E-state index contributed by atoms with van der Waals surface area (Å²) < 4.78 is 14.6. The monoisotopic (exact) mass is 396 g/mol. The zero-order valence-electron chi connectivity index (χ0n) is 15.4. The molecule has 1 atom stereocenters. The number of thiazole rings is 1. The fourth-order valence-electron chi connectivity index (χ4n) is 4.37. The van der Waals surface area contributed by atoms with Crippen molar-refractivity contribution in [3.05, 3.63) is 30.6 Å². The van der Waals surface area contributed by atoms with Gasteiger partial charge < -0.3 is 15.1 Å². The SMILES string of the molecule is F[C@@H]1CCN(c2ccc(-c3nc4cnc(N5CC6(CNC6)C5)cc4s3)cn2)C1. The lowest BCUT2D eigenvalue weighted by Crippen LogP contribution is -2.71.